The van der Waals surface area contributed by atoms with E-state index in [2.05, 4.69) is 21.5 Å². The third kappa shape index (κ3) is 4.21. The first-order valence-electron chi connectivity index (χ1n) is 8.56. The number of fused-ring (bicyclic) bond motifs is 1. The van der Waals surface area contributed by atoms with Gasteiger partial charge in [0.1, 0.15) is 0 Å². The second-order valence-electron chi connectivity index (χ2n) is 5.75. The summed E-state index contributed by atoms with van der Waals surface area (Å²) in [6.07, 6.45) is 5.15. The quantitative estimate of drug-likeness (QED) is 0.374. The normalized spacial score (nSPS) is 12.1. The molecule has 10 heteroatoms. The van der Waals surface area contributed by atoms with Crippen LogP contribution in [0.4, 0.5) is 6.01 Å². The van der Waals surface area contributed by atoms with Crippen molar-refractivity contribution in [1.82, 2.24) is 10.2 Å². The molecule has 1 aromatic carbocycles. The lowest BCUT2D eigenvalue weighted by Crippen LogP contribution is -2.32. The van der Waals surface area contributed by atoms with E-state index < -0.39 is 11.9 Å². The van der Waals surface area contributed by atoms with Crippen molar-refractivity contribution in [2.75, 3.05) is 32.5 Å². The van der Waals surface area contributed by atoms with Gasteiger partial charge in [-0.15, -0.1) is 6.58 Å². The Morgan fingerprint density at radius 3 is 2.69 bits per heavy atom. The van der Waals surface area contributed by atoms with Crippen molar-refractivity contribution < 1.29 is 33.0 Å². The molecule has 29 heavy (non-hydrogen) atoms. The van der Waals surface area contributed by atoms with Crippen LogP contribution in [-0.4, -0.2) is 49.6 Å². The number of rotatable bonds is 8. The molecule has 10 nitrogen and oxygen atoms in total. The van der Waals surface area contributed by atoms with Crippen LogP contribution < -0.4 is 14.4 Å². The zero-order valence-electron chi connectivity index (χ0n) is 15.9. The van der Waals surface area contributed by atoms with Crippen molar-refractivity contribution in [2.24, 2.45) is 0 Å². The molecule has 1 aliphatic heterocycles. The number of esters is 1. The van der Waals surface area contributed by atoms with Crippen LogP contribution in [-0.2, 0) is 9.47 Å². The van der Waals surface area contributed by atoms with Crippen molar-refractivity contribution in [2.45, 2.75) is 6.42 Å². The molecule has 0 spiro atoms. The van der Waals surface area contributed by atoms with Gasteiger partial charge < -0.3 is 23.4 Å². The fourth-order valence-electron chi connectivity index (χ4n) is 2.57. The maximum Gasteiger partial charge on any atom is 0.396 e. The Labute approximate surface area is 166 Å². The molecule has 152 valence electrons. The number of methoxy groups -OCH3 is 2. The van der Waals surface area contributed by atoms with E-state index in [0.717, 1.165) is 0 Å². The highest BCUT2D eigenvalue weighted by Crippen LogP contribution is 2.36. The smallest absolute Gasteiger partial charge is 0.396 e. The SMILES string of the molecule is C=CCCN(C(=O)c1cc2c(cc1/C=C/OC)OCO2)c1nnc(C(=O)OC)o1. The van der Waals surface area contributed by atoms with Gasteiger partial charge in [-0.3, -0.25) is 9.69 Å². The van der Waals surface area contributed by atoms with E-state index in [1.807, 2.05) is 0 Å². The van der Waals surface area contributed by atoms with E-state index in [9.17, 15) is 9.59 Å². The summed E-state index contributed by atoms with van der Waals surface area (Å²) in [5, 5.41) is 7.44. The molecule has 0 N–H and O–H groups in total. The Hall–Kier alpha value is -3.82. The number of benzene rings is 1. The summed E-state index contributed by atoms with van der Waals surface area (Å²) >= 11 is 0. The van der Waals surface area contributed by atoms with Gasteiger partial charge in [-0.25, -0.2) is 4.79 Å². The molecule has 0 unspecified atom stereocenters. The summed E-state index contributed by atoms with van der Waals surface area (Å²) in [5.74, 6) is -0.648. The fraction of sp³-hybridized carbons (Fsp3) is 0.263. The lowest BCUT2D eigenvalue weighted by molar-refractivity contribution is 0.0555. The van der Waals surface area contributed by atoms with Crippen molar-refractivity contribution in [3.05, 3.63) is 48.1 Å². The topological polar surface area (TPSA) is 113 Å². The minimum absolute atomic E-state index is 0.0622. The monoisotopic (exact) mass is 401 g/mol. The summed E-state index contributed by atoms with van der Waals surface area (Å²) < 4.78 is 25.6. The second kappa shape index (κ2) is 8.91. The summed E-state index contributed by atoms with van der Waals surface area (Å²) in [7, 11) is 2.68. The Morgan fingerprint density at radius 2 is 2.00 bits per heavy atom. The van der Waals surface area contributed by atoms with E-state index >= 15 is 0 Å². The standard InChI is InChI=1S/C19H19N3O7/c1-4-5-7-22(19-21-20-16(29-19)18(24)26-3)17(23)13-10-15-14(27-11-28-15)9-12(13)6-8-25-2/h4,6,8-10H,1,5,7,11H2,2-3H3/b8-6+. The number of amides is 1. The first-order valence-corrected chi connectivity index (χ1v) is 8.56. The van der Waals surface area contributed by atoms with Gasteiger partial charge in [-0.05, 0) is 30.2 Å². The van der Waals surface area contributed by atoms with Crippen molar-refractivity contribution in [3.63, 3.8) is 0 Å². The van der Waals surface area contributed by atoms with Crippen molar-refractivity contribution >= 4 is 24.0 Å². The average molecular weight is 401 g/mol. The number of carbonyl (C=O) groups is 2. The first kappa shape index (κ1) is 19.9. The average Bonchev–Trinajstić information content (AvgIpc) is 3.40. The van der Waals surface area contributed by atoms with Crippen LogP contribution in [0.15, 0.2) is 35.5 Å². The third-order valence-electron chi connectivity index (χ3n) is 3.97. The third-order valence-corrected chi connectivity index (χ3v) is 3.97. The fourth-order valence-corrected chi connectivity index (χ4v) is 2.57. The van der Waals surface area contributed by atoms with Crippen LogP contribution in [0.25, 0.3) is 6.08 Å². The minimum atomic E-state index is -0.799. The maximum absolute atomic E-state index is 13.4. The highest BCUT2D eigenvalue weighted by Gasteiger charge is 2.28. The van der Waals surface area contributed by atoms with E-state index in [0.29, 0.717) is 29.0 Å². The first-order chi connectivity index (χ1) is 14.1. The summed E-state index contributed by atoms with van der Waals surface area (Å²) in [6.45, 7) is 3.93. The van der Waals surface area contributed by atoms with Gasteiger partial charge in [0.25, 0.3) is 5.91 Å². The number of hydrogen-bond acceptors (Lipinski definition) is 9. The van der Waals surface area contributed by atoms with E-state index in [4.69, 9.17) is 18.6 Å². The largest absolute Gasteiger partial charge is 0.504 e. The van der Waals surface area contributed by atoms with Gasteiger partial charge in [-0.2, -0.15) is 0 Å². The molecule has 0 bridgehead atoms. The predicted molar refractivity (Wildman–Crippen MR) is 101 cm³/mol. The second-order valence-corrected chi connectivity index (χ2v) is 5.75. The van der Waals surface area contributed by atoms with Crippen LogP contribution in [0.2, 0.25) is 0 Å². The van der Waals surface area contributed by atoms with Gasteiger partial charge in [0.2, 0.25) is 6.79 Å². The molecule has 1 aromatic heterocycles. The van der Waals surface area contributed by atoms with Crippen LogP contribution in [0, 0.1) is 0 Å². The molecule has 1 amide bonds. The van der Waals surface area contributed by atoms with Crippen molar-refractivity contribution in [1.29, 1.82) is 0 Å². The van der Waals surface area contributed by atoms with Gasteiger partial charge in [-0.1, -0.05) is 16.3 Å². The lowest BCUT2D eigenvalue weighted by Gasteiger charge is -2.19. The zero-order chi connectivity index (χ0) is 20.8. The number of anilines is 1. The van der Waals surface area contributed by atoms with Crippen LogP contribution in [0.5, 0.6) is 11.5 Å². The number of ether oxygens (including phenoxy) is 4. The number of carbonyl (C=O) groups excluding carboxylic acids is 2. The van der Waals surface area contributed by atoms with E-state index in [1.165, 1.54) is 25.4 Å². The molecule has 0 aliphatic carbocycles. The molecule has 3 rings (SSSR count). The number of nitrogens with zero attached hydrogens (tertiary/aromatic N) is 3. The molecular formula is C19H19N3O7. The van der Waals surface area contributed by atoms with E-state index in [-0.39, 0.29) is 25.2 Å². The summed E-state index contributed by atoms with van der Waals surface area (Å²) in [5.41, 5.74) is 0.835. The molecule has 0 saturated heterocycles. The minimum Gasteiger partial charge on any atom is -0.504 e. The van der Waals surface area contributed by atoms with Crippen LogP contribution in [0.3, 0.4) is 0 Å². The molecule has 0 saturated carbocycles. The molecule has 2 heterocycles. The predicted octanol–water partition coefficient (Wildman–Crippen LogP) is 2.42. The summed E-state index contributed by atoms with van der Waals surface area (Å²) in [6, 6.07) is 3.10. The Bertz CT molecular complexity index is 951. The molecule has 1 aliphatic rings. The molecule has 0 fully saturated rings. The molecule has 0 radical (unpaired) electrons. The number of aromatic nitrogens is 2. The Balaban J connectivity index is 2.01. The highest BCUT2D eigenvalue weighted by atomic mass is 16.7. The number of hydrogen-bond donors (Lipinski definition) is 0. The van der Waals surface area contributed by atoms with Crippen LogP contribution in [0.1, 0.15) is 33.0 Å². The van der Waals surface area contributed by atoms with E-state index in [1.54, 1.807) is 24.3 Å². The summed E-state index contributed by atoms with van der Waals surface area (Å²) in [4.78, 5) is 26.2. The maximum atomic E-state index is 13.4. The molecular weight excluding hydrogens is 382 g/mol. The molecule has 2 aromatic rings. The van der Waals surface area contributed by atoms with Gasteiger partial charge >= 0.3 is 17.9 Å². The lowest BCUT2D eigenvalue weighted by atomic mass is 10.0. The zero-order valence-corrected chi connectivity index (χ0v) is 15.9. The Morgan fingerprint density at radius 1 is 1.24 bits per heavy atom. The van der Waals surface area contributed by atoms with Gasteiger partial charge in [0, 0.05) is 6.54 Å². The van der Waals surface area contributed by atoms with Crippen LogP contribution >= 0.6 is 0 Å². The van der Waals surface area contributed by atoms with Gasteiger partial charge in [0.05, 0.1) is 26.0 Å². The Kier molecular flexibility index (Phi) is 6.12. The highest BCUT2D eigenvalue weighted by molar-refractivity contribution is 6.07. The molecule has 0 atom stereocenters. The van der Waals surface area contributed by atoms with Crippen molar-refractivity contribution in [3.8, 4) is 11.5 Å². The van der Waals surface area contributed by atoms with Gasteiger partial charge in [0.15, 0.2) is 11.5 Å².